The molecule has 0 saturated carbocycles. The number of sulfonamides is 1. The molecule has 0 aliphatic rings. The summed E-state index contributed by atoms with van der Waals surface area (Å²) in [6.07, 6.45) is 1.02. The molecule has 0 radical (unpaired) electrons. The number of amides is 1. The molecular weight excluding hydrogens is 296 g/mol. The van der Waals surface area contributed by atoms with Crippen LogP contribution in [0.15, 0.2) is 28.6 Å². The van der Waals surface area contributed by atoms with Gasteiger partial charge in [-0.25, -0.2) is 9.71 Å². The lowest BCUT2D eigenvalue weighted by Gasteiger charge is -2.08. The van der Waals surface area contributed by atoms with Crippen molar-refractivity contribution in [3.05, 3.63) is 24.3 Å². The van der Waals surface area contributed by atoms with E-state index in [1.54, 1.807) is 18.2 Å². The number of rotatable bonds is 5. The minimum Gasteiger partial charge on any atom is -0.274 e. The first kappa shape index (κ1) is 14.9. The molecular formula is C13H16N2O3S2. The lowest BCUT2D eigenvalue weighted by atomic mass is 10.1. The molecule has 20 heavy (non-hydrogen) atoms. The zero-order valence-corrected chi connectivity index (χ0v) is 12.9. The number of para-hydroxylation sites is 1. The third-order valence-corrected chi connectivity index (χ3v) is 5.77. The summed E-state index contributed by atoms with van der Waals surface area (Å²) < 4.78 is 27.0. The number of carbonyl (C=O) groups excluding carboxylic acids is 1. The Kier molecular flexibility index (Phi) is 4.39. The van der Waals surface area contributed by atoms with Gasteiger partial charge in [-0.1, -0.05) is 32.4 Å². The van der Waals surface area contributed by atoms with Gasteiger partial charge in [0.15, 0.2) is 0 Å². The van der Waals surface area contributed by atoms with Crippen LogP contribution < -0.4 is 4.72 Å². The van der Waals surface area contributed by atoms with Gasteiger partial charge in [-0.3, -0.25) is 4.79 Å². The van der Waals surface area contributed by atoms with Crippen LogP contribution in [0.5, 0.6) is 0 Å². The van der Waals surface area contributed by atoms with Crippen LogP contribution in [0.1, 0.15) is 26.7 Å². The van der Waals surface area contributed by atoms with Crippen LogP contribution in [-0.4, -0.2) is 19.3 Å². The third-order valence-electron chi connectivity index (χ3n) is 2.98. The predicted octanol–water partition coefficient (Wildman–Crippen LogP) is 2.54. The van der Waals surface area contributed by atoms with Crippen molar-refractivity contribution in [1.29, 1.82) is 0 Å². The van der Waals surface area contributed by atoms with Gasteiger partial charge in [-0.2, -0.15) is 8.42 Å². The Morgan fingerprint density at radius 2 is 2.10 bits per heavy atom. The van der Waals surface area contributed by atoms with E-state index in [9.17, 15) is 13.2 Å². The number of hydrogen-bond acceptors (Lipinski definition) is 5. The molecule has 0 aliphatic carbocycles. The summed E-state index contributed by atoms with van der Waals surface area (Å²) in [5.74, 6) is -0.334. The Bertz CT molecular complexity index is 689. The van der Waals surface area contributed by atoms with Crippen LogP contribution in [-0.2, 0) is 14.8 Å². The lowest BCUT2D eigenvalue weighted by Crippen LogP contribution is -2.31. The lowest BCUT2D eigenvalue weighted by molar-refractivity contribution is -0.120. The molecule has 0 aliphatic heterocycles. The quantitative estimate of drug-likeness (QED) is 0.920. The van der Waals surface area contributed by atoms with E-state index in [4.69, 9.17) is 0 Å². The van der Waals surface area contributed by atoms with E-state index >= 15 is 0 Å². The summed E-state index contributed by atoms with van der Waals surface area (Å²) in [4.78, 5) is 15.8. The molecule has 1 aromatic heterocycles. The third kappa shape index (κ3) is 3.34. The topological polar surface area (TPSA) is 76.1 Å². The van der Waals surface area contributed by atoms with Gasteiger partial charge >= 0.3 is 0 Å². The highest BCUT2D eigenvalue weighted by Gasteiger charge is 2.22. The van der Waals surface area contributed by atoms with Crippen LogP contribution in [0.4, 0.5) is 0 Å². The number of hydrogen-bond donors (Lipinski definition) is 1. The molecule has 0 bridgehead atoms. The van der Waals surface area contributed by atoms with Crippen molar-refractivity contribution in [2.45, 2.75) is 31.0 Å². The number of carbonyl (C=O) groups is 1. The number of nitrogens with one attached hydrogen (secondary N) is 1. The van der Waals surface area contributed by atoms with Crippen LogP contribution >= 0.6 is 11.3 Å². The summed E-state index contributed by atoms with van der Waals surface area (Å²) in [5.41, 5.74) is 0.618. The molecule has 2 aromatic rings. The first-order valence-corrected chi connectivity index (χ1v) is 8.63. The van der Waals surface area contributed by atoms with Crippen LogP contribution in [0.25, 0.3) is 10.2 Å². The maximum atomic E-state index is 12.1. The number of benzene rings is 1. The highest BCUT2D eigenvalue weighted by Crippen LogP contribution is 2.24. The molecule has 108 valence electrons. The summed E-state index contributed by atoms with van der Waals surface area (Å²) in [7, 11) is -3.87. The molecule has 1 atom stereocenters. The van der Waals surface area contributed by atoms with E-state index in [0.717, 1.165) is 22.5 Å². The van der Waals surface area contributed by atoms with Gasteiger partial charge in [-0.05, 0) is 18.1 Å². The summed E-state index contributed by atoms with van der Waals surface area (Å²) >= 11 is 1.06. The van der Waals surface area contributed by atoms with Gasteiger partial charge in [0.25, 0.3) is 10.0 Å². The predicted molar refractivity (Wildman–Crippen MR) is 79.0 cm³/mol. The Labute approximate surface area is 122 Å². The molecule has 1 N–H and O–H groups in total. The molecule has 0 unspecified atom stereocenters. The van der Waals surface area contributed by atoms with E-state index in [1.807, 2.05) is 19.9 Å². The highest BCUT2D eigenvalue weighted by atomic mass is 32.2. The smallest absolute Gasteiger partial charge is 0.274 e. The minimum atomic E-state index is -3.87. The van der Waals surface area contributed by atoms with Crippen molar-refractivity contribution in [2.75, 3.05) is 0 Å². The average molecular weight is 312 g/mol. The first-order valence-electron chi connectivity index (χ1n) is 6.33. The largest absolute Gasteiger partial charge is 0.291 e. The van der Waals surface area contributed by atoms with Gasteiger partial charge in [0.1, 0.15) is 0 Å². The fraction of sp³-hybridized carbons (Fsp3) is 0.385. The van der Waals surface area contributed by atoms with Crippen LogP contribution in [0.3, 0.4) is 0 Å². The second kappa shape index (κ2) is 5.88. The Hall–Kier alpha value is -1.47. The van der Waals surface area contributed by atoms with Crippen LogP contribution in [0.2, 0.25) is 0 Å². The van der Waals surface area contributed by atoms with E-state index in [2.05, 4.69) is 9.71 Å². The molecule has 1 aromatic carbocycles. The van der Waals surface area contributed by atoms with E-state index < -0.39 is 15.9 Å². The zero-order valence-electron chi connectivity index (χ0n) is 11.3. The van der Waals surface area contributed by atoms with Crippen molar-refractivity contribution < 1.29 is 13.2 Å². The van der Waals surface area contributed by atoms with Crippen molar-refractivity contribution in [3.63, 3.8) is 0 Å². The second-order valence-electron chi connectivity index (χ2n) is 4.69. The molecule has 1 heterocycles. The van der Waals surface area contributed by atoms with Gasteiger partial charge in [-0.15, -0.1) is 11.3 Å². The summed E-state index contributed by atoms with van der Waals surface area (Å²) in [6.45, 7) is 3.86. The molecule has 0 saturated heterocycles. The Balaban J connectivity index is 2.20. The number of aromatic nitrogens is 1. The van der Waals surface area contributed by atoms with E-state index in [0.29, 0.717) is 5.52 Å². The van der Waals surface area contributed by atoms with E-state index in [-0.39, 0.29) is 16.7 Å². The van der Waals surface area contributed by atoms with Gasteiger partial charge in [0.2, 0.25) is 10.2 Å². The van der Waals surface area contributed by atoms with Crippen molar-refractivity contribution in [3.8, 4) is 0 Å². The second-order valence-corrected chi connectivity index (χ2v) is 7.58. The fourth-order valence-electron chi connectivity index (χ4n) is 1.66. The van der Waals surface area contributed by atoms with Crippen LogP contribution in [0, 0.1) is 5.92 Å². The van der Waals surface area contributed by atoms with Crippen molar-refractivity contribution >= 4 is 37.5 Å². The van der Waals surface area contributed by atoms with Gasteiger partial charge < -0.3 is 0 Å². The highest BCUT2D eigenvalue weighted by molar-refractivity contribution is 7.92. The monoisotopic (exact) mass is 312 g/mol. The number of thiazole rings is 1. The Morgan fingerprint density at radius 1 is 1.40 bits per heavy atom. The summed E-state index contributed by atoms with van der Waals surface area (Å²) in [5, 5.41) is 0. The maximum Gasteiger partial charge on any atom is 0.291 e. The number of fused-ring (bicyclic) bond motifs is 1. The molecule has 2 rings (SSSR count). The van der Waals surface area contributed by atoms with E-state index in [1.165, 1.54) is 0 Å². The first-order chi connectivity index (χ1) is 9.42. The molecule has 1 amide bonds. The maximum absolute atomic E-state index is 12.1. The minimum absolute atomic E-state index is 0.0730. The standard InChI is InChI=1S/C13H16N2O3S2/c1-3-9(2)8-12(16)15-20(17,18)13-14-10-6-4-5-7-11(10)19-13/h4-7,9H,3,8H2,1-2H3,(H,15,16)/t9-/m1/s1. The number of nitrogens with zero attached hydrogens (tertiary/aromatic N) is 1. The molecule has 5 nitrogen and oxygen atoms in total. The molecule has 0 spiro atoms. The van der Waals surface area contributed by atoms with Gasteiger partial charge in [0.05, 0.1) is 10.2 Å². The zero-order chi connectivity index (χ0) is 14.8. The van der Waals surface area contributed by atoms with Crippen molar-refractivity contribution in [1.82, 2.24) is 9.71 Å². The normalized spacial score (nSPS) is 13.3. The molecule has 7 heteroatoms. The fourth-order valence-corrected chi connectivity index (χ4v) is 3.88. The molecule has 0 fully saturated rings. The van der Waals surface area contributed by atoms with Gasteiger partial charge in [0, 0.05) is 6.42 Å². The van der Waals surface area contributed by atoms with Crippen molar-refractivity contribution in [2.24, 2.45) is 5.92 Å². The summed E-state index contributed by atoms with van der Waals surface area (Å²) in [6, 6.07) is 7.15. The Morgan fingerprint density at radius 3 is 2.75 bits per heavy atom. The average Bonchev–Trinajstić information content (AvgIpc) is 2.82. The SMILES string of the molecule is CC[C@@H](C)CC(=O)NS(=O)(=O)c1nc2ccccc2s1.